The van der Waals surface area contributed by atoms with Crippen molar-refractivity contribution in [1.29, 1.82) is 0 Å². The maximum absolute atomic E-state index is 11.5. The van der Waals surface area contributed by atoms with Crippen LogP contribution >= 0.6 is 0 Å². The van der Waals surface area contributed by atoms with E-state index < -0.39 is 12.1 Å². The second kappa shape index (κ2) is 5.60. The summed E-state index contributed by atoms with van der Waals surface area (Å²) in [6.07, 6.45) is 0.672. The second-order valence-corrected chi connectivity index (χ2v) is 4.21. The van der Waals surface area contributed by atoms with Crippen LogP contribution in [-0.4, -0.2) is 23.0 Å². The van der Waals surface area contributed by atoms with Gasteiger partial charge in [0.1, 0.15) is 6.61 Å². The molecule has 0 fully saturated rings. The van der Waals surface area contributed by atoms with Crippen molar-refractivity contribution >= 4 is 11.8 Å². The minimum atomic E-state index is -0.755. The van der Waals surface area contributed by atoms with Crippen LogP contribution in [0.25, 0.3) is 0 Å². The van der Waals surface area contributed by atoms with Gasteiger partial charge in [0.2, 0.25) is 0 Å². The molecular formula is C14H14O4. The number of ketones is 1. The van der Waals surface area contributed by atoms with Crippen LogP contribution in [0.1, 0.15) is 18.4 Å². The van der Waals surface area contributed by atoms with Crippen molar-refractivity contribution < 1.29 is 19.4 Å². The number of benzene rings is 1. The molecule has 0 radical (unpaired) electrons. The zero-order valence-electron chi connectivity index (χ0n) is 9.83. The van der Waals surface area contributed by atoms with Crippen molar-refractivity contribution in [1.82, 2.24) is 0 Å². The van der Waals surface area contributed by atoms with E-state index in [1.807, 2.05) is 30.3 Å². The van der Waals surface area contributed by atoms with E-state index in [0.29, 0.717) is 5.57 Å². The number of aliphatic hydroxyl groups excluding tert-OH is 1. The van der Waals surface area contributed by atoms with Gasteiger partial charge < -0.3 is 9.84 Å². The predicted molar refractivity (Wildman–Crippen MR) is 64.6 cm³/mol. The van der Waals surface area contributed by atoms with Gasteiger partial charge in [0.15, 0.2) is 5.78 Å². The summed E-state index contributed by atoms with van der Waals surface area (Å²) in [6, 6.07) is 9.33. The molecule has 1 aromatic carbocycles. The zero-order valence-corrected chi connectivity index (χ0v) is 9.83. The van der Waals surface area contributed by atoms with E-state index in [2.05, 4.69) is 0 Å². The van der Waals surface area contributed by atoms with Gasteiger partial charge in [-0.05, 0) is 11.6 Å². The molecular weight excluding hydrogens is 232 g/mol. The first kappa shape index (κ1) is 12.5. The Morgan fingerprint density at radius 1 is 1.33 bits per heavy atom. The first-order chi connectivity index (χ1) is 8.65. The lowest BCUT2D eigenvalue weighted by atomic mass is 10.1. The molecule has 0 saturated heterocycles. The van der Waals surface area contributed by atoms with Crippen molar-refractivity contribution in [3.05, 3.63) is 47.5 Å². The number of ether oxygens (including phenoxy) is 1. The first-order valence-corrected chi connectivity index (χ1v) is 5.76. The highest BCUT2D eigenvalue weighted by molar-refractivity contribution is 6.01. The molecule has 0 saturated carbocycles. The van der Waals surface area contributed by atoms with Gasteiger partial charge >= 0.3 is 5.97 Å². The molecule has 0 amide bonds. The van der Waals surface area contributed by atoms with Crippen LogP contribution < -0.4 is 0 Å². The number of esters is 1. The number of Topliss-reactive ketones (excluding diaryl/α,β-unsaturated/α-hetero) is 1. The van der Waals surface area contributed by atoms with Crippen LogP contribution in [0.2, 0.25) is 0 Å². The summed E-state index contributed by atoms with van der Waals surface area (Å²) in [5.74, 6) is -0.633. The molecule has 1 aliphatic carbocycles. The summed E-state index contributed by atoms with van der Waals surface area (Å²) in [7, 11) is 0. The molecule has 0 spiro atoms. The average Bonchev–Trinajstić information content (AvgIpc) is 2.67. The normalized spacial score (nSPS) is 18.6. The fourth-order valence-corrected chi connectivity index (χ4v) is 1.81. The second-order valence-electron chi connectivity index (χ2n) is 4.21. The number of carbonyl (C=O) groups excluding carboxylic acids is 2. The minimum absolute atomic E-state index is 0.0667. The molecule has 0 bridgehead atoms. The van der Waals surface area contributed by atoms with Crippen molar-refractivity contribution in [2.45, 2.75) is 25.6 Å². The molecule has 0 aromatic heterocycles. The number of carbonyl (C=O) groups is 2. The molecule has 4 heteroatoms. The van der Waals surface area contributed by atoms with Gasteiger partial charge in [-0.1, -0.05) is 30.3 Å². The Labute approximate surface area is 105 Å². The van der Waals surface area contributed by atoms with Gasteiger partial charge in [0.25, 0.3) is 0 Å². The van der Waals surface area contributed by atoms with E-state index in [4.69, 9.17) is 4.74 Å². The van der Waals surface area contributed by atoms with Gasteiger partial charge in [0.05, 0.1) is 12.5 Å². The standard InChI is InChI=1S/C14H14O4/c15-12-6-11(13(16)8-12)7-14(17)18-9-10-4-2-1-3-5-10/h1-6,12,15H,7-9H2. The Hall–Kier alpha value is -1.94. The summed E-state index contributed by atoms with van der Waals surface area (Å²) in [6.45, 7) is 0.198. The largest absolute Gasteiger partial charge is 0.461 e. The summed E-state index contributed by atoms with van der Waals surface area (Å²) in [5.41, 5.74) is 1.25. The quantitative estimate of drug-likeness (QED) is 0.815. The van der Waals surface area contributed by atoms with E-state index >= 15 is 0 Å². The first-order valence-electron chi connectivity index (χ1n) is 5.76. The zero-order chi connectivity index (χ0) is 13.0. The van der Waals surface area contributed by atoms with Gasteiger partial charge in [-0.3, -0.25) is 9.59 Å². The highest BCUT2D eigenvalue weighted by atomic mass is 16.5. The topological polar surface area (TPSA) is 63.6 Å². The molecule has 0 aliphatic heterocycles. The maximum Gasteiger partial charge on any atom is 0.310 e. The Morgan fingerprint density at radius 3 is 2.67 bits per heavy atom. The molecule has 2 rings (SSSR count). The Kier molecular flexibility index (Phi) is 3.89. The number of aliphatic hydroxyl groups is 1. The van der Waals surface area contributed by atoms with E-state index in [-0.39, 0.29) is 25.2 Å². The number of hydrogen-bond acceptors (Lipinski definition) is 4. The minimum Gasteiger partial charge on any atom is -0.461 e. The van der Waals surface area contributed by atoms with Crippen molar-refractivity contribution in [2.24, 2.45) is 0 Å². The summed E-state index contributed by atoms with van der Waals surface area (Å²) < 4.78 is 5.06. The lowest BCUT2D eigenvalue weighted by Gasteiger charge is -2.04. The molecule has 18 heavy (non-hydrogen) atoms. The van der Waals surface area contributed by atoms with E-state index in [1.165, 1.54) is 6.08 Å². The fourth-order valence-electron chi connectivity index (χ4n) is 1.81. The highest BCUT2D eigenvalue weighted by Gasteiger charge is 2.24. The maximum atomic E-state index is 11.5. The molecule has 1 atom stereocenters. The van der Waals surface area contributed by atoms with Crippen molar-refractivity contribution in [3.63, 3.8) is 0 Å². The molecule has 1 aliphatic rings. The summed E-state index contributed by atoms with van der Waals surface area (Å²) in [5, 5.41) is 9.24. The van der Waals surface area contributed by atoms with Gasteiger partial charge in [-0.25, -0.2) is 0 Å². The number of hydrogen-bond donors (Lipinski definition) is 1. The lowest BCUT2D eigenvalue weighted by Crippen LogP contribution is -2.08. The summed E-state index contributed by atoms with van der Waals surface area (Å²) >= 11 is 0. The Balaban J connectivity index is 1.83. The Bertz CT molecular complexity index is 476. The molecule has 1 N–H and O–H groups in total. The molecule has 0 heterocycles. The number of rotatable bonds is 4. The summed E-state index contributed by atoms with van der Waals surface area (Å²) in [4.78, 5) is 22.9. The van der Waals surface area contributed by atoms with Crippen LogP contribution in [0.15, 0.2) is 42.0 Å². The van der Waals surface area contributed by atoms with Crippen LogP contribution in [0, 0.1) is 0 Å². The van der Waals surface area contributed by atoms with E-state index in [9.17, 15) is 14.7 Å². The fraction of sp³-hybridized carbons (Fsp3) is 0.286. The van der Waals surface area contributed by atoms with Crippen LogP contribution in [-0.2, 0) is 20.9 Å². The smallest absolute Gasteiger partial charge is 0.310 e. The van der Waals surface area contributed by atoms with Crippen LogP contribution in [0.4, 0.5) is 0 Å². The van der Waals surface area contributed by atoms with Gasteiger partial charge in [-0.15, -0.1) is 0 Å². The van der Waals surface area contributed by atoms with Crippen molar-refractivity contribution in [3.8, 4) is 0 Å². The lowest BCUT2D eigenvalue weighted by molar-refractivity contribution is -0.144. The van der Waals surface area contributed by atoms with Crippen molar-refractivity contribution in [2.75, 3.05) is 0 Å². The third-order valence-corrected chi connectivity index (χ3v) is 2.72. The molecule has 4 nitrogen and oxygen atoms in total. The predicted octanol–water partition coefficient (Wildman–Crippen LogP) is 1.38. The van der Waals surface area contributed by atoms with E-state index in [1.54, 1.807) is 0 Å². The van der Waals surface area contributed by atoms with E-state index in [0.717, 1.165) is 5.56 Å². The van der Waals surface area contributed by atoms with Gasteiger partial charge in [0, 0.05) is 12.0 Å². The SMILES string of the molecule is O=C(CC1=CC(O)CC1=O)OCc1ccccc1. The Morgan fingerprint density at radius 2 is 2.06 bits per heavy atom. The highest BCUT2D eigenvalue weighted by Crippen LogP contribution is 2.18. The average molecular weight is 246 g/mol. The van der Waals surface area contributed by atoms with Crippen LogP contribution in [0.5, 0.6) is 0 Å². The monoisotopic (exact) mass is 246 g/mol. The molecule has 1 unspecified atom stereocenters. The third kappa shape index (κ3) is 3.28. The van der Waals surface area contributed by atoms with Crippen LogP contribution in [0.3, 0.4) is 0 Å². The third-order valence-electron chi connectivity index (χ3n) is 2.72. The molecule has 94 valence electrons. The molecule has 1 aromatic rings. The van der Waals surface area contributed by atoms with Gasteiger partial charge in [-0.2, -0.15) is 0 Å².